The number of anilines is 3. The Morgan fingerprint density at radius 1 is 1.15 bits per heavy atom. The molecular formula is C24H28F2N10O4. The first-order valence-corrected chi connectivity index (χ1v) is 12.5. The first-order valence-electron chi connectivity index (χ1n) is 12.5. The topological polar surface area (TPSA) is 183 Å². The number of carbonyl (C=O) groups is 1. The quantitative estimate of drug-likeness (QED) is 0.175. The third kappa shape index (κ3) is 5.93. The number of carbonyl (C=O) groups excluding carboxylic acids is 1. The van der Waals surface area contributed by atoms with Gasteiger partial charge in [-0.3, -0.25) is 9.69 Å². The highest BCUT2D eigenvalue weighted by molar-refractivity contribution is 5.95. The summed E-state index contributed by atoms with van der Waals surface area (Å²) in [6.45, 7) is 2.44. The van der Waals surface area contributed by atoms with E-state index in [0.29, 0.717) is 62.9 Å². The van der Waals surface area contributed by atoms with Crippen molar-refractivity contribution in [2.45, 2.75) is 6.10 Å². The molecule has 0 bridgehead atoms. The Morgan fingerprint density at radius 3 is 2.67 bits per heavy atom. The summed E-state index contributed by atoms with van der Waals surface area (Å²) in [6, 6.07) is 5.30. The molecule has 0 radical (unpaired) electrons. The number of nitrogens with one attached hydrogen (secondary N) is 2. The Labute approximate surface area is 226 Å². The van der Waals surface area contributed by atoms with Crippen molar-refractivity contribution in [3.8, 4) is 11.6 Å². The summed E-state index contributed by atoms with van der Waals surface area (Å²) in [5.74, 6) is -1.07. The average Bonchev–Trinajstić information content (AvgIpc) is 3.63. The number of aromatic nitrogens is 5. The molecule has 0 aliphatic carbocycles. The zero-order chi connectivity index (χ0) is 28.2. The lowest BCUT2D eigenvalue weighted by Gasteiger charge is -2.36. The second-order valence-electron chi connectivity index (χ2n) is 9.12. The number of benzene rings is 1. The van der Waals surface area contributed by atoms with Gasteiger partial charge < -0.3 is 35.9 Å². The maximum atomic E-state index is 14.6. The van der Waals surface area contributed by atoms with Crippen LogP contribution in [-0.4, -0.2) is 104 Å². The number of aliphatic hydroxyl groups is 2. The summed E-state index contributed by atoms with van der Waals surface area (Å²) >= 11 is 0. The number of amides is 1. The largest absolute Gasteiger partial charge is 0.461 e. The van der Waals surface area contributed by atoms with Gasteiger partial charge in [0.2, 0.25) is 17.7 Å². The maximum absolute atomic E-state index is 14.6. The van der Waals surface area contributed by atoms with Crippen LogP contribution < -0.4 is 21.3 Å². The third-order valence-corrected chi connectivity index (χ3v) is 6.39. The number of halogens is 2. The van der Waals surface area contributed by atoms with E-state index >= 15 is 0 Å². The maximum Gasteiger partial charge on any atom is 0.259 e. The van der Waals surface area contributed by atoms with Crippen molar-refractivity contribution < 1.29 is 28.2 Å². The summed E-state index contributed by atoms with van der Waals surface area (Å²) < 4.78 is 35.5. The number of fused-ring (bicyclic) bond motifs is 1. The van der Waals surface area contributed by atoms with E-state index in [2.05, 4.69) is 35.6 Å². The number of aliphatic hydroxyl groups excluding tert-OH is 2. The van der Waals surface area contributed by atoms with Gasteiger partial charge in [0.1, 0.15) is 11.6 Å². The minimum Gasteiger partial charge on any atom is -0.461 e. The van der Waals surface area contributed by atoms with Crippen LogP contribution in [0, 0.1) is 11.6 Å². The van der Waals surface area contributed by atoms with Gasteiger partial charge in [-0.2, -0.15) is 19.5 Å². The SMILES string of the molecule is Nc1nc(NCCN2CCN(c3cc(C(=O)NC[C@@H](O)CO)c(F)cc3F)CC2)nc2nc(-c3ccco3)nn12. The van der Waals surface area contributed by atoms with Crippen molar-refractivity contribution in [1.82, 2.24) is 34.8 Å². The molecule has 1 aliphatic heterocycles. The molecule has 1 aliphatic rings. The van der Waals surface area contributed by atoms with Gasteiger partial charge in [-0.05, 0) is 18.2 Å². The Bertz CT molecular complexity index is 1470. The lowest BCUT2D eigenvalue weighted by molar-refractivity contribution is 0.0799. The molecule has 4 heterocycles. The second kappa shape index (κ2) is 11.8. The van der Waals surface area contributed by atoms with Gasteiger partial charge in [-0.1, -0.05) is 0 Å². The second-order valence-corrected chi connectivity index (χ2v) is 9.12. The number of nitrogens with zero attached hydrogens (tertiary/aromatic N) is 7. The van der Waals surface area contributed by atoms with Gasteiger partial charge in [0.25, 0.3) is 11.7 Å². The zero-order valence-electron chi connectivity index (χ0n) is 21.3. The molecule has 3 aromatic heterocycles. The van der Waals surface area contributed by atoms with E-state index in [9.17, 15) is 18.7 Å². The highest BCUT2D eigenvalue weighted by Crippen LogP contribution is 2.25. The fraction of sp³-hybridized carbons (Fsp3) is 0.375. The molecule has 5 rings (SSSR count). The van der Waals surface area contributed by atoms with Crippen LogP contribution in [-0.2, 0) is 0 Å². The summed E-state index contributed by atoms with van der Waals surface area (Å²) in [7, 11) is 0. The van der Waals surface area contributed by atoms with Crippen LogP contribution in [0.4, 0.5) is 26.4 Å². The molecule has 1 fully saturated rings. The number of furan rings is 1. The summed E-state index contributed by atoms with van der Waals surface area (Å²) in [4.78, 5) is 29.2. The lowest BCUT2D eigenvalue weighted by atomic mass is 10.1. The number of nitrogens with two attached hydrogens (primary N) is 1. The number of hydrogen-bond donors (Lipinski definition) is 5. The normalized spacial score (nSPS) is 14.9. The molecule has 0 spiro atoms. The van der Waals surface area contributed by atoms with E-state index in [1.165, 1.54) is 16.8 Å². The van der Waals surface area contributed by atoms with Crippen LogP contribution in [0.25, 0.3) is 17.4 Å². The summed E-state index contributed by atoms with van der Waals surface area (Å²) in [5.41, 5.74) is 5.80. The Kier molecular flexibility index (Phi) is 7.99. The monoisotopic (exact) mass is 558 g/mol. The van der Waals surface area contributed by atoms with Gasteiger partial charge in [0.15, 0.2) is 5.76 Å². The molecule has 1 amide bonds. The fourth-order valence-electron chi connectivity index (χ4n) is 4.26. The van der Waals surface area contributed by atoms with Crippen LogP contribution in [0.2, 0.25) is 0 Å². The summed E-state index contributed by atoms with van der Waals surface area (Å²) in [6.07, 6.45) is 0.341. The molecule has 0 unspecified atom stereocenters. The van der Waals surface area contributed by atoms with E-state index in [-0.39, 0.29) is 29.5 Å². The van der Waals surface area contributed by atoms with Crippen LogP contribution in [0.1, 0.15) is 10.4 Å². The zero-order valence-corrected chi connectivity index (χ0v) is 21.3. The van der Waals surface area contributed by atoms with Gasteiger partial charge in [-0.15, -0.1) is 5.10 Å². The van der Waals surface area contributed by atoms with Crippen LogP contribution in [0.5, 0.6) is 0 Å². The molecule has 212 valence electrons. The molecule has 40 heavy (non-hydrogen) atoms. The van der Waals surface area contributed by atoms with Gasteiger partial charge in [0, 0.05) is 51.9 Å². The van der Waals surface area contributed by atoms with E-state index in [0.717, 1.165) is 0 Å². The molecular weight excluding hydrogens is 530 g/mol. The Morgan fingerprint density at radius 2 is 1.95 bits per heavy atom. The van der Waals surface area contributed by atoms with Crippen LogP contribution >= 0.6 is 0 Å². The molecule has 4 aromatic rings. The van der Waals surface area contributed by atoms with E-state index in [4.69, 9.17) is 15.3 Å². The number of nitrogen functional groups attached to an aromatic ring is 1. The first-order chi connectivity index (χ1) is 19.3. The van der Waals surface area contributed by atoms with Crippen LogP contribution in [0.15, 0.2) is 34.9 Å². The van der Waals surface area contributed by atoms with E-state index in [1.54, 1.807) is 17.0 Å². The molecule has 1 aromatic carbocycles. The van der Waals surface area contributed by atoms with E-state index in [1.807, 2.05) is 0 Å². The standard InChI is InChI=1S/C24H28F2N10O4/c25-16-11-17(26)18(10-15(16)21(39)29-12-14(38)13-37)35-7-5-34(6-8-35)4-3-28-23-31-22(27)36-24(32-23)30-20(33-36)19-2-1-9-40-19/h1-2,9-11,14,37-38H,3-8,12-13H2,(H,29,39)(H3,27,28,30,31,32,33)/t14-/m1/s1. The van der Waals surface area contributed by atoms with Crippen molar-refractivity contribution in [2.75, 3.05) is 68.4 Å². The molecule has 1 atom stereocenters. The smallest absolute Gasteiger partial charge is 0.259 e. The predicted molar refractivity (Wildman–Crippen MR) is 140 cm³/mol. The Balaban J connectivity index is 1.15. The van der Waals surface area contributed by atoms with Gasteiger partial charge >= 0.3 is 0 Å². The minimum absolute atomic E-state index is 0.116. The molecule has 16 heteroatoms. The number of piperazine rings is 1. The van der Waals surface area contributed by atoms with E-state index < -0.39 is 30.3 Å². The average molecular weight is 559 g/mol. The number of rotatable bonds is 10. The Hall–Kier alpha value is -4.41. The summed E-state index contributed by atoms with van der Waals surface area (Å²) in [5, 5.41) is 28.0. The minimum atomic E-state index is -1.18. The van der Waals surface area contributed by atoms with Gasteiger partial charge in [-0.25, -0.2) is 8.78 Å². The fourth-order valence-corrected chi connectivity index (χ4v) is 4.26. The molecule has 14 nitrogen and oxygen atoms in total. The highest BCUT2D eigenvalue weighted by Gasteiger charge is 2.23. The first kappa shape index (κ1) is 27.2. The number of hydrogen-bond acceptors (Lipinski definition) is 12. The van der Waals surface area contributed by atoms with Crippen molar-refractivity contribution in [3.63, 3.8) is 0 Å². The van der Waals surface area contributed by atoms with Gasteiger partial charge in [0.05, 0.1) is 30.2 Å². The van der Waals surface area contributed by atoms with Crippen molar-refractivity contribution >= 4 is 29.3 Å². The highest BCUT2D eigenvalue weighted by atomic mass is 19.1. The van der Waals surface area contributed by atoms with Crippen LogP contribution in [0.3, 0.4) is 0 Å². The third-order valence-electron chi connectivity index (χ3n) is 6.39. The lowest BCUT2D eigenvalue weighted by Crippen LogP contribution is -2.48. The van der Waals surface area contributed by atoms with Crippen molar-refractivity contribution in [2.24, 2.45) is 0 Å². The van der Waals surface area contributed by atoms with Crippen molar-refractivity contribution in [3.05, 3.63) is 47.7 Å². The molecule has 0 saturated carbocycles. The molecule has 1 saturated heterocycles. The predicted octanol–water partition coefficient (Wildman–Crippen LogP) is -0.0432. The van der Waals surface area contributed by atoms with Crippen molar-refractivity contribution in [1.29, 1.82) is 0 Å². The molecule has 6 N–H and O–H groups in total.